The number of hydrogen-bond donors (Lipinski definition) is 1. The SMILES string of the molecule is CC=CC(=O)NCc1ccc(Br)cc1. The largest absolute Gasteiger partial charge is 0.348 e. The Morgan fingerprint density at radius 2 is 2.07 bits per heavy atom. The van der Waals surface area contributed by atoms with Crippen LogP contribution in [0.2, 0.25) is 0 Å². The van der Waals surface area contributed by atoms with Gasteiger partial charge in [0.15, 0.2) is 0 Å². The Balaban J connectivity index is 2.46. The summed E-state index contributed by atoms with van der Waals surface area (Å²) in [5, 5.41) is 2.78. The highest BCUT2D eigenvalue weighted by atomic mass is 79.9. The lowest BCUT2D eigenvalue weighted by molar-refractivity contribution is -0.116. The summed E-state index contributed by atoms with van der Waals surface area (Å²) < 4.78 is 1.04. The predicted octanol–water partition coefficient (Wildman–Crippen LogP) is 2.64. The zero-order valence-corrected chi connectivity index (χ0v) is 9.54. The van der Waals surface area contributed by atoms with Gasteiger partial charge in [0.1, 0.15) is 0 Å². The first-order valence-electron chi connectivity index (χ1n) is 4.37. The Labute approximate surface area is 92.1 Å². The molecule has 1 aromatic carbocycles. The molecule has 74 valence electrons. The monoisotopic (exact) mass is 253 g/mol. The Hall–Kier alpha value is -1.09. The molecule has 14 heavy (non-hydrogen) atoms. The van der Waals surface area contributed by atoms with Crippen molar-refractivity contribution < 1.29 is 4.79 Å². The molecule has 0 fully saturated rings. The van der Waals surface area contributed by atoms with Gasteiger partial charge in [0.25, 0.3) is 0 Å². The van der Waals surface area contributed by atoms with Crippen molar-refractivity contribution in [3.63, 3.8) is 0 Å². The van der Waals surface area contributed by atoms with Gasteiger partial charge in [0, 0.05) is 11.0 Å². The van der Waals surface area contributed by atoms with E-state index in [0.717, 1.165) is 10.0 Å². The molecule has 1 amide bonds. The second-order valence-electron chi connectivity index (χ2n) is 2.84. The van der Waals surface area contributed by atoms with Crippen LogP contribution in [0, 0.1) is 0 Å². The van der Waals surface area contributed by atoms with Crippen molar-refractivity contribution in [2.24, 2.45) is 0 Å². The first-order chi connectivity index (χ1) is 6.72. The fourth-order valence-corrected chi connectivity index (χ4v) is 1.27. The van der Waals surface area contributed by atoms with Crippen molar-refractivity contribution >= 4 is 21.8 Å². The minimum atomic E-state index is -0.0598. The van der Waals surface area contributed by atoms with E-state index in [-0.39, 0.29) is 5.91 Å². The fraction of sp³-hybridized carbons (Fsp3) is 0.182. The maximum Gasteiger partial charge on any atom is 0.243 e. The molecule has 3 heteroatoms. The van der Waals surface area contributed by atoms with Crippen LogP contribution in [0.15, 0.2) is 40.9 Å². The van der Waals surface area contributed by atoms with E-state index >= 15 is 0 Å². The lowest BCUT2D eigenvalue weighted by Gasteiger charge is -2.02. The van der Waals surface area contributed by atoms with Gasteiger partial charge in [0.2, 0.25) is 5.91 Å². The summed E-state index contributed by atoms with van der Waals surface area (Å²) >= 11 is 3.35. The number of nitrogens with one attached hydrogen (secondary N) is 1. The summed E-state index contributed by atoms with van der Waals surface area (Å²) in [5.74, 6) is -0.0598. The standard InChI is InChI=1S/C11H12BrNO/c1-2-3-11(14)13-8-9-4-6-10(12)7-5-9/h2-7H,8H2,1H3,(H,13,14). The zero-order chi connectivity index (χ0) is 10.4. The number of hydrogen-bond acceptors (Lipinski definition) is 1. The molecule has 0 aliphatic heterocycles. The second-order valence-corrected chi connectivity index (χ2v) is 3.76. The van der Waals surface area contributed by atoms with Gasteiger partial charge >= 0.3 is 0 Å². The molecule has 2 nitrogen and oxygen atoms in total. The van der Waals surface area contributed by atoms with Gasteiger partial charge in [-0.2, -0.15) is 0 Å². The highest BCUT2D eigenvalue weighted by Crippen LogP contribution is 2.09. The van der Waals surface area contributed by atoms with Crippen LogP contribution in [0.25, 0.3) is 0 Å². The number of halogens is 1. The first kappa shape index (κ1) is 11.0. The van der Waals surface area contributed by atoms with Crippen molar-refractivity contribution in [3.05, 3.63) is 46.5 Å². The zero-order valence-electron chi connectivity index (χ0n) is 7.96. The summed E-state index contributed by atoms with van der Waals surface area (Å²) in [6, 6.07) is 7.86. The number of carbonyl (C=O) groups is 1. The first-order valence-corrected chi connectivity index (χ1v) is 5.16. The van der Waals surface area contributed by atoms with Crippen molar-refractivity contribution in [3.8, 4) is 0 Å². The number of allylic oxidation sites excluding steroid dienone is 1. The molecule has 0 saturated carbocycles. The number of carbonyl (C=O) groups excluding carboxylic acids is 1. The third kappa shape index (κ3) is 3.75. The topological polar surface area (TPSA) is 29.1 Å². The summed E-state index contributed by atoms with van der Waals surface area (Å²) in [4.78, 5) is 11.1. The fourth-order valence-electron chi connectivity index (χ4n) is 1.00. The predicted molar refractivity (Wildman–Crippen MR) is 60.8 cm³/mol. The van der Waals surface area contributed by atoms with Crippen LogP contribution in [-0.4, -0.2) is 5.91 Å². The molecular weight excluding hydrogens is 242 g/mol. The second kappa shape index (κ2) is 5.60. The lowest BCUT2D eigenvalue weighted by atomic mass is 10.2. The van der Waals surface area contributed by atoms with E-state index in [1.54, 1.807) is 6.08 Å². The van der Waals surface area contributed by atoms with E-state index in [1.807, 2.05) is 31.2 Å². The summed E-state index contributed by atoms with van der Waals surface area (Å²) in [5.41, 5.74) is 1.09. The Kier molecular flexibility index (Phi) is 4.40. The average Bonchev–Trinajstić information content (AvgIpc) is 2.17. The number of rotatable bonds is 3. The van der Waals surface area contributed by atoms with E-state index in [4.69, 9.17) is 0 Å². The minimum Gasteiger partial charge on any atom is -0.348 e. The van der Waals surface area contributed by atoms with E-state index in [0.29, 0.717) is 6.54 Å². The van der Waals surface area contributed by atoms with Crippen LogP contribution in [0.1, 0.15) is 12.5 Å². The Morgan fingerprint density at radius 3 is 2.64 bits per heavy atom. The van der Waals surface area contributed by atoms with E-state index in [2.05, 4.69) is 21.2 Å². The normalized spacial score (nSPS) is 10.4. The smallest absolute Gasteiger partial charge is 0.243 e. The molecule has 0 atom stereocenters. The molecule has 0 aliphatic carbocycles. The number of benzene rings is 1. The molecule has 0 unspecified atom stereocenters. The molecule has 0 radical (unpaired) electrons. The summed E-state index contributed by atoms with van der Waals surface area (Å²) in [7, 11) is 0. The van der Waals surface area contributed by atoms with Gasteiger partial charge in [-0.25, -0.2) is 0 Å². The van der Waals surface area contributed by atoms with Crippen molar-refractivity contribution in [1.29, 1.82) is 0 Å². The van der Waals surface area contributed by atoms with Gasteiger partial charge in [-0.05, 0) is 30.7 Å². The summed E-state index contributed by atoms with van der Waals surface area (Å²) in [6.07, 6.45) is 3.23. The van der Waals surface area contributed by atoms with E-state index in [9.17, 15) is 4.79 Å². The molecular formula is C11H12BrNO. The Bertz CT molecular complexity index is 330. The van der Waals surface area contributed by atoms with Gasteiger partial charge < -0.3 is 5.32 Å². The van der Waals surface area contributed by atoms with Crippen LogP contribution < -0.4 is 5.32 Å². The third-order valence-corrected chi connectivity index (χ3v) is 2.23. The summed E-state index contributed by atoms with van der Waals surface area (Å²) in [6.45, 7) is 2.38. The van der Waals surface area contributed by atoms with E-state index in [1.165, 1.54) is 6.08 Å². The molecule has 0 saturated heterocycles. The highest BCUT2D eigenvalue weighted by Gasteiger charge is 1.95. The van der Waals surface area contributed by atoms with Gasteiger partial charge in [-0.1, -0.05) is 34.1 Å². The van der Waals surface area contributed by atoms with Crippen LogP contribution in [0.5, 0.6) is 0 Å². The molecule has 1 rings (SSSR count). The molecule has 0 heterocycles. The number of amides is 1. The van der Waals surface area contributed by atoms with Crippen molar-refractivity contribution in [1.82, 2.24) is 5.32 Å². The lowest BCUT2D eigenvalue weighted by Crippen LogP contribution is -2.20. The molecule has 1 N–H and O–H groups in total. The maximum absolute atomic E-state index is 11.1. The van der Waals surface area contributed by atoms with Crippen molar-refractivity contribution in [2.75, 3.05) is 0 Å². The third-order valence-electron chi connectivity index (χ3n) is 1.70. The highest BCUT2D eigenvalue weighted by molar-refractivity contribution is 9.10. The molecule has 0 aliphatic rings. The average molecular weight is 254 g/mol. The quantitative estimate of drug-likeness (QED) is 0.825. The molecule has 0 spiro atoms. The molecule has 0 aromatic heterocycles. The van der Waals surface area contributed by atoms with Gasteiger partial charge in [0.05, 0.1) is 0 Å². The van der Waals surface area contributed by atoms with Crippen LogP contribution in [-0.2, 0) is 11.3 Å². The van der Waals surface area contributed by atoms with Crippen LogP contribution in [0.3, 0.4) is 0 Å². The van der Waals surface area contributed by atoms with Crippen LogP contribution in [0.4, 0.5) is 0 Å². The maximum atomic E-state index is 11.1. The van der Waals surface area contributed by atoms with Crippen molar-refractivity contribution in [2.45, 2.75) is 13.5 Å². The minimum absolute atomic E-state index is 0.0598. The molecule has 1 aromatic rings. The van der Waals surface area contributed by atoms with Crippen LogP contribution >= 0.6 is 15.9 Å². The van der Waals surface area contributed by atoms with Gasteiger partial charge in [-0.15, -0.1) is 0 Å². The Morgan fingerprint density at radius 1 is 1.43 bits per heavy atom. The molecule has 0 bridgehead atoms. The van der Waals surface area contributed by atoms with Gasteiger partial charge in [-0.3, -0.25) is 4.79 Å². The van der Waals surface area contributed by atoms with E-state index < -0.39 is 0 Å².